The van der Waals surface area contributed by atoms with E-state index < -0.39 is 10.0 Å². The Labute approximate surface area is 129 Å². The lowest BCUT2D eigenvalue weighted by Crippen LogP contribution is -2.28. The van der Waals surface area contributed by atoms with Crippen molar-refractivity contribution in [1.82, 2.24) is 4.31 Å². The van der Waals surface area contributed by atoms with Crippen molar-refractivity contribution in [1.29, 1.82) is 0 Å². The van der Waals surface area contributed by atoms with Gasteiger partial charge in [0.15, 0.2) is 0 Å². The lowest BCUT2D eigenvalue weighted by molar-refractivity contribution is 0.350. The van der Waals surface area contributed by atoms with E-state index in [2.05, 4.69) is 11.8 Å². The van der Waals surface area contributed by atoms with Gasteiger partial charge in [-0.3, -0.25) is 0 Å². The highest BCUT2D eigenvalue weighted by Crippen LogP contribution is 2.32. The van der Waals surface area contributed by atoms with Crippen LogP contribution in [-0.4, -0.2) is 38.0 Å². The first kappa shape index (κ1) is 17.3. The Morgan fingerprint density at radius 3 is 2.30 bits per heavy atom. The fourth-order valence-electron chi connectivity index (χ4n) is 1.61. The van der Waals surface area contributed by atoms with Crippen molar-refractivity contribution in [2.45, 2.75) is 18.2 Å². The number of aliphatic hydroxyl groups excluding tert-OH is 1. The van der Waals surface area contributed by atoms with Crippen molar-refractivity contribution >= 4 is 33.2 Å². The van der Waals surface area contributed by atoms with Crippen molar-refractivity contribution in [3.05, 3.63) is 27.7 Å². The molecule has 0 spiro atoms. The predicted molar refractivity (Wildman–Crippen MR) is 80.5 cm³/mol. The normalized spacial score (nSPS) is 11.3. The Morgan fingerprint density at radius 1 is 1.30 bits per heavy atom. The molecule has 7 heteroatoms. The van der Waals surface area contributed by atoms with Crippen LogP contribution in [-0.2, 0) is 10.0 Å². The molecule has 110 valence electrons. The van der Waals surface area contributed by atoms with Gasteiger partial charge in [-0.15, -0.1) is 0 Å². The number of halogens is 2. The molecule has 0 saturated carbocycles. The zero-order valence-electron chi connectivity index (χ0n) is 11.2. The molecular weight excluding hydrogens is 321 g/mol. The first-order valence-electron chi connectivity index (χ1n) is 5.89. The molecule has 0 bridgehead atoms. The molecule has 1 rings (SSSR count). The number of aliphatic hydroxyl groups is 1. The summed E-state index contributed by atoms with van der Waals surface area (Å²) in [7, 11) is -2.25. The highest BCUT2D eigenvalue weighted by atomic mass is 35.5. The molecule has 20 heavy (non-hydrogen) atoms. The zero-order valence-corrected chi connectivity index (χ0v) is 13.5. The molecule has 0 aliphatic rings. The fraction of sp³-hybridized carbons (Fsp3) is 0.385. The van der Waals surface area contributed by atoms with Crippen LogP contribution in [0.5, 0.6) is 0 Å². The van der Waals surface area contributed by atoms with Crippen LogP contribution in [0.2, 0.25) is 10.0 Å². The average molecular weight is 336 g/mol. The maximum Gasteiger partial charge on any atom is 0.245 e. The van der Waals surface area contributed by atoms with Crippen LogP contribution in [0.1, 0.15) is 18.9 Å². The molecule has 0 atom stereocenters. The van der Waals surface area contributed by atoms with Gasteiger partial charge in [-0.2, -0.15) is 0 Å². The largest absolute Gasteiger partial charge is 0.384 e. The van der Waals surface area contributed by atoms with E-state index in [9.17, 15) is 8.42 Å². The first-order valence-corrected chi connectivity index (χ1v) is 8.09. The molecule has 0 heterocycles. The van der Waals surface area contributed by atoms with E-state index in [1.807, 2.05) is 6.92 Å². The first-order chi connectivity index (χ1) is 9.34. The summed E-state index contributed by atoms with van der Waals surface area (Å²) in [5.74, 6) is 5.08. The van der Waals surface area contributed by atoms with Crippen molar-refractivity contribution < 1.29 is 13.5 Å². The van der Waals surface area contributed by atoms with Crippen LogP contribution in [0.4, 0.5) is 0 Å². The maximum atomic E-state index is 12.4. The second-order valence-electron chi connectivity index (χ2n) is 4.06. The molecule has 1 aromatic carbocycles. The standard InChI is InChI=1S/C13H15Cl2NO3S/c1-3-6-16(2)20(18,19)13-11(14)8-10(5-4-7-17)9-12(13)15/h8-9,17H,3,6-7H2,1-2H3. The van der Waals surface area contributed by atoms with E-state index in [4.69, 9.17) is 28.3 Å². The molecule has 0 radical (unpaired) electrons. The molecule has 0 amide bonds. The predicted octanol–water partition coefficient (Wildman–Crippen LogP) is 2.37. The molecule has 4 nitrogen and oxygen atoms in total. The van der Waals surface area contributed by atoms with Crippen LogP contribution in [0.15, 0.2) is 17.0 Å². The third-order valence-electron chi connectivity index (χ3n) is 2.52. The van der Waals surface area contributed by atoms with Gasteiger partial charge in [0, 0.05) is 19.2 Å². The minimum atomic E-state index is -3.73. The molecule has 0 saturated heterocycles. The quantitative estimate of drug-likeness (QED) is 0.859. The van der Waals surface area contributed by atoms with E-state index in [1.165, 1.54) is 23.5 Å². The summed E-state index contributed by atoms with van der Waals surface area (Å²) in [6.07, 6.45) is 0.686. The summed E-state index contributed by atoms with van der Waals surface area (Å²) in [5.41, 5.74) is 0.450. The summed E-state index contributed by atoms with van der Waals surface area (Å²) < 4.78 is 25.9. The Hall–Kier alpha value is -0.770. The van der Waals surface area contributed by atoms with Crippen molar-refractivity contribution in [3.63, 3.8) is 0 Å². The number of rotatable bonds is 4. The van der Waals surface area contributed by atoms with Crippen molar-refractivity contribution in [2.24, 2.45) is 0 Å². The lowest BCUT2D eigenvalue weighted by atomic mass is 10.2. The summed E-state index contributed by atoms with van der Waals surface area (Å²) in [5, 5.41) is 8.67. The summed E-state index contributed by atoms with van der Waals surface area (Å²) in [6, 6.07) is 2.84. The highest BCUT2D eigenvalue weighted by molar-refractivity contribution is 7.89. The van der Waals surface area contributed by atoms with Gasteiger partial charge in [0.05, 0.1) is 10.0 Å². The summed E-state index contributed by atoms with van der Waals surface area (Å²) in [4.78, 5) is -0.119. The van der Waals surface area contributed by atoms with Gasteiger partial charge in [0.2, 0.25) is 10.0 Å². The summed E-state index contributed by atoms with van der Waals surface area (Å²) >= 11 is 12.0. The third-order valence-corrected chi connectivity index (χ3v) is 5.30. The molecule has 0 unspecified atom stereocenters. The molecule has 0 aliphatic carbocycles. The van der Waals surface area contributed by atoms with Crippen LogP contribution >= 0.6 is 23.2 Å². The molecule has 0 aromatic heterocycles. The molecular formula is C13H15Cl2NO3S. The van der Waals surface area contributed by atoms with Crippen molar-refractivity contribution in [2.75, 3.05) is 20.2 Å². The molecule has 1 N–H and O–H groups in total. The van der Waals surface area contributed by atoms with Gasteiger partial charge in [-0.25, -0.2) is 12.7 Å². The third kappa shape index (κ3) is 3.87. The van der Waals surface area contributed by atoms with Crippen LogP contribution in [0.3, 0.4) is 0 Å². The monoisotopic (exact) mass is 335 g/mol. The zero-order chi connectivity index (χ0) is 15.3. The number of nitrogens with zero attached hydrogens (tertiary/aromatic N) is 1. The van der Waals surface area contributed by atoms with Crippen LogP contribution in [0.25, 0.3) is 0 Å². The van der Waals surface area contributed by atoms with E-state index in [1.54, 1.807) is 0 Å². The lowest BCUT2D eigenvalue weighted by Gasteiger charge is -2.18. The van der Waals surface area contributed by atoms with E-state index in [0.717, 1.165) is 0 Å². The Kier molecular flexibility index (Phi) is 6.31. The van der Waals surface area contributed by atoms with Gasteiger partial charge < -0.3 is 5.11 Å². The highest BCUT2D eigenvalue weighted by Gasteiger charge is 2.26. The average Bonchev–Trinajstić information content (AvgIpc) is 2.35. The van der Waals surface area contributed by atoms with E-state index in [-0.39, 0.29) is 21.5 Å². The Bertz CT molecular complexity index is 624. The number of benzene rings is 1. The maximum absolute atomic E-state index is 12.4. The second kappa shape index (κ2) is 7.30. The summed E-state index contributed by atoms with van der Waals surface area (Å²) in [6.45, 7) is 1.96. The van der Waals surface area contributed by atoms with Crippen LogP contribution < -0.4 is 0 Å². The second-order valence-corrected chi connectivity index (χ2v) is 6.85. The van der Waals surface area contributed by atoms with Crippen LogP contribution in [0, 0.1) is 11.8 Å². The van der Waals surface area contributed by atoms with Gasteiger partial charge in [0.1, 0.15) is 11.5 Å². The van der Waals surface area contributed by atoms with Gasteiger partial charge in [0.25, 0.3) is 0 Å². The minimum absolute atomic E-state index is 0.0164. The van der Waals surface area contributed by atoms with E-state index >= 15 is 0 Å². The number of hydrogen-bond acceptors (Lipinski definition) is 3. The Balaban J connectivity index is 3.34. The SMILES string of the molecule is CCCN(C)S(=O)(=O)c1c(Cl)cc(C#CCO)cc1Cl. The molecule has 0 aliphatic heterocycles. The fourth-order valence-corrected chi connectivity index (χ4v) is 4.03. The van der Waals surface area contributed by atoms with Crippen molar-refractivity contribution in [3.8, 4) is 11.8 Å². The molecule has 1 aromatic rings. The molecule has 0 fully saturated rings. The Morgan fingerprint density at radius 2 is 1.85 bits per heavy atom. The number of hydrogen-bond donors (Lipinski definition) is 1. The van der Waals surface area contributed by atoms with E-state index in [0.29, 0.717) is 18.5 Å². The van der Waals surface area contributed by atoms with Gasteiger partial charge in [-0.05, 0) is 18.6 Å². The smallest absolute Gasteiger partial charge is 0.245 e. The van der Waals surface area contributed by atoms with Gasteiger partial charge >= 0.3 is 0 Å². The number of sulfonamides is 1. The minimum Gasteiger partial charge on any atom is -0.384 e. The topological polar surface area (TPSA) is 57.6 Å². The van der Waals surface area contributed by atoms with Gasteiger partial charge in [-0.1, -0.05) is 42.0 Å².